The first-order valence-electron chi connectivity index (χ1n) is 7.56. The highest BCUT2D eigenvalue weighted by Crippen LogP contribution is 2.19. The Hall–Kier alpha value is -2.38. The van der Waals surface area contributed by atoms with E-state index in [4.69, 9.17) is 4.74 Å². The average Bonchev–Trinajstić information content (AvgIpc) is 3.09. The summed E-state index contributed by atoms with van der Waals surface area (Å²) in [7, 11) is 0. The maximum Gasteiger partial charge on any atom is 0.214 e. The molecule has 0 bridgehead atoms. The van der Waals surface area contributed by atoms with Crippen LogP contribution in [0.4, 0.5) is 0 Å². The van der Waals surface area contributed by atoms with Crippen molar-refractivity contribution < 1.29 is 9.84 Å². The zero-order valence-corrected chi connectivity index (χ0v) is 14.1. The van der Waals surface area contributed by atoms with Crippen LogP contribution in [-0.4, -0.2) is 43.8 Å². The Morgan fingerprint density at radius 1 is 1.12 bits per heavy atom. The van der Waals surface area contributed by atoms with Gasteiger partial charge in [-0.25, -0.2) is 0 Å². The van der Waals surface area contributed by atoms with Crippen LogP contribution in [0.5, 0.6) is 5.75 Å². The largest absolute Gasteiger partial charge is 0.491 e. The molecule has 0 unspecified atom stereocenters. The Bertz CT molecular complexity index is 762. The van der Waals surface area contributed by atoms with Crippen molar-refractivity contribution in [3.8, 4) is 11.4 Å². The molecule has 2 aromatic carbocycles. The van der Waals surface area contributed by atoms with Crippen LogP contribution >= 0.6 is 11.8 Å². The van der Waals surface area contributed by atoms with Crippen molar-refractivity contribution >= 4 is 11.8 Å². The predicted octanol–water partition coefficient (Wildman–Crippen LogP) is 2.50. The number of ether oxygens (including phenoxy) is 1. The van der Waals surface area contributed by atoms with Crippen LogP contribution < -0.4 is 4.74 Å². The number of benzene rings is 2. The summed E-state index contributed by atoms with van der Waals surface area (Å²) in [4.78, 5) is 0. The molecule has 1 N–H and O–H groups in total. The van der Waals surface area contributed by atoms with Gasteiger partial charge in [-0.1, -0.05) is 47.7 Å². The minimum atomic E-state index is -0.614. The SMILES string of the molecule is Cc1ccc(OC[C@@H](O)CSc2nnnn2-c2ccccc2)cc1. The lowest BCUT2D eigenvalue weighted by atomic mass is 10.2. The number of aliphatic hydroxyl groups is 1. The second kappa shape index (κ2) is 7.94. The monoisotopic (exact) mass is 342 g/mol. The van der Waals surface area contributed by atoms with Crippen LogP contribution in [0.1, 0.15) is 5.56 Å². The predicted molar refractivity (Wildman–Crippen MR) is 92.6 cm³/mol. The molecule has 6 nitrogen and oxygen atoms in total. The standard InChI is InChI=1S/C17H18N4O2S/c1-13-7-9-16(10-8-13)23-11-15(22)12-24-17-18-19-20-21(17)14-5-3-2-4-6-14/h2-10,15,22H,11-12H2,1H3/t15-/m1/s1. The Labute approximate surface area is 144 Å². The van der Waals surface area contributed by atoms with E-state index >= 15 is 0 Å². The van der Waals surface area contributed by atoms with Gasteiger partial charge in [-0.2, -0.15) is 4.68 Å². The fraction of sp³-hybridized carbons (Fsp3) is 0.235. The van der Waals surface area contributed by atoms with Gasteiger partial charge in [0.15, 0.2) is 0 Å². The highest BCUT2D eigenvalue weighted by atomic mass is 32.2. The number of tetrazole rings is 1. The summed E-state index contributed by atoms with van der Waals surface area (Å²) in [5, 5.41) is 22.4. The molecule has 0 saturated heterocycles. The number of aromatic nitrogens is 4. The molecule has 0 spiro atoms. The molecule has 0 aliphatic rings. The zero-order valence-electron chi connectivity index (χ0n) is 13.2. The van der Waals surface area contributed by atoms with Gasteiger partial charge in [-0.05, 0) is 41.6 Å². The van der Waals surface area contributed by atoms with E-state index < -0.39 is 6.10 Å². The molecule has 0 fully saturated rings. The smallest absolute Gasteiger partial charge is 0.214 e. The molecule has 1 aromatic heterocycles. The third kappa shape index (κ3) is 4.33. The van der Waals surface area contributed by atoms with Crippen molar-refractivity contribution in [2.45, 2.75) is 18.2 Å². The summed E-state index contributed by atoms with van der Waals surface area (Å²) in [5.74, 6) is 1.19. The summed E-state index contributed by atoms with van der Waals surface area (Å²) in [6.07, 6.45) is -0.614. The number of aryl methyl sites for hydroxylation is 1. The van der Waals surface area contributed by atoms with E-state index in [1.165, 1.54) is 17.3 Å². The number of nitrogens with zero attached hydrogens (tertiary/aromatic N) is 4. The number of hydrogen-bond donors (Lipinski definition) is 1. The van der Waals surface area contributed by atoms with E-state index in [0.717, 1.165) is 11.4 Å². The molecule has 1 heterocycles. The van der Waals surface area contributed by atoms with Gasteiger partial charge in [0, 0.05) is 5.75 Å². The second-order valence-corrected chi connectivity index (χ2v) is 6.28. The van der Waals surface area contributed by atoms with Gasteiger partial charge in [0.25, 0.3) is 0 Å². The van der Waals surface area contributed by atoms with Crippen LogP contribution in [-0.2, 0) is 0 Å². The molecule has 124 valence electrons. The first-order valence-corrected chi connectivity index (χ1v) is 8.55. The van der Waals surface area contributed by atoms with Gasteiger partial charge in [0.05, 0.1) is 11.8 Å². The van der Waals surface area contributed by atoms with E-state index in [9.17, 15) is 5.11 Å². The highest BCUT2D eigenvalue weighted by Gasteiger charge is 2.12. The summed E-state index contributed by atoms with van der Waals surface area (Å²) >= 11 is 1.39. The molecular formula is C17H18N4O2S. The fourth-order valence-electron chi connectivity index (χ4n) is 2.05. The second-order valence-electron chi connectivity index (χ2n) is 5.30. The molecule has 0 saturated carbocycles. The molecule has 0 aliphatic carbocycles. The van der Waals surface area contributed by atoms with Crippen molar-refractivity contribution in [2.24, 2.45) is 0 Å². The number of rotatable bonds is 7. The lowest BCUT2D eigenvalue weighted by molar-refractivity contribution is 0.126. The van der Waals surface area contributed by atoms with Gasteiger partial charge in [-0.3, -0.25) is 0 Å². The molecule has 0 aliphatic heterocycles. The molecule has 24 heavy (non-hydrogen) atoms. The van der Waals surface area contributed by atoms with E-state index in [2.05, 4.69) is 15.5 Å². The molecule has 7 heteroatoms. The van der Waals surface area contributed by atoms with Crippen LogP contribution in [0.3, 0.4) is 0 Å². The zero-order chi connectivity index (χ0) is 16.8. The van der Waals surface area contributed by atoms with Crippen molar-refractivity contribution in [2.75, 3.05) is 12.4 Å². The Morgan fingerprint density at radius 2 is 1.88 bits per heavy atom. The van der Waals surface area contributed by atoms with Gasteiger partial charge >= 0.3 is 0 Å². The van der Waals surface area contributed by atoms with E-state index in [-0.39, 0.29) is 6.61 Å². The summed E-state index contributed by atoms with van der Waals surface area (Å²) in [6.45, 7) is 2.25. The number of hydrogen-bond acceptors (Lipinski definition) is 6. The van der Waals surface area contributed by atoms with Crippen LogP contribution in [0.15, 0.2) is 59.8 Å². The van der Waals surface area contributed by atoms with Crippen molar-refractivity contribution in [3.63, 3.8) is 0 Å². The molecule has 0 radical (unpaired) electrons. The van der Waals surface area contributed by atoms with Gasteiger partial charge in [0.1, 0.15) is 12.4 Å². The fourth-order valence-corrected chi connectivity index (χ4v) is 2.84. The number of aliphatic hydroxyl groups excluding tert-OH is 1. The summed E-state index contributed by atoms with van der Waals surface area (Å²) in [5.41, 5.74) is 2.06. The minimum absolute atomic E-state index is 0.225. The van der Waals surface area contributed by atoms with Crippen molar-refractivity contribution in [1.29, 1.82) is 0 Å². The summed E-state index contributed by atoms with van der Waals surface area (Å²) < 4.78 is 7.24. The Morgan fingerprint density at radius 3 is 2.62 bits per heavy atom. The molecule has 0 amide bonds. The van der Waals surface area contributed by atoms with E-state index in [1.807, 2.05) is 61.5 Å². The van der Waals surface area contributed by atoms with Crippen molar-refractivity contribution in [3.05, 3.63) is 60.2 Å². The van der Waals surface area contributed by atoms with E-state index in [1.54, 1.807) is 4.68 Å². The maximum absolute atomic E-state index is 10.1. The first kappa shape index (κ1) is 16.5. The third-order valence-electron chi connectivity index (χ3n) is 3.31. The Balaban J connectivity index is 1.53. The lowest BCUT2D eigenvalue weighted by Gasteiger charge is -2.12. The number of para-hydroxylation sites is 1. The normalized spacial score (nSPS) is 12.1. The van der Waals surface area contributed by atoms with E-state index in [0.29, 0.717) is 10.9 Å². The maximum atomic E-state index is 10.1. The molecule has 1 atom stereocenters. The highest BCUT2D eigenvalue weighted by molar-refractivity contribution is 7.99. The number of thioether (sulfide) groups is 1. The average molecular weight is 342 g/mol. The third-order valence-corrected chi connectivity index (χ3v) is 4.37. The molecule has 3 aromatic rings. The van der Waals surface area contributed by atoms with Crippen LogP contribution in [0.2, 0.25) is 0 Å². The molecular weight excluding hydrogens is 324 g/mol. The minimum Gasteiger partial charge on any atom is -0.491 e. The summed E-state index contributed by atoms with van der Waals surface area (Å²) in [6, 6.07) is 17.4. The quantitative estimate of drug-likeness (QED) is 0.665. The topological polar surface area (TPSA) is 73.1 Å². The first-order chi connectivity index (χ1) is 11.7. The Kier molecular flexibility index (Phi) is 5.45. The van der Waals surface area contributed by atoms with Gasteiger partial charge in [0.2, 0.25) is 5.16 Å². The van der Waals surface area contributed by atoms with Crippen LogP contribution in [0, 0.1) is 6.92 Å². The van der Waals surface area contributed by atoms with Gasteiger partial charge in [-0.15, -0.1) is 5.10 Å². The van der Waals surface area contributed by atoms with Crippen molar-refractivity contribution in [1.82, 2.24) is 20.2 Å². The van der Waals surface area contributed by atoms with Gasteiger partial charge < -0.3 is 9.84 Å². The molecule has 3 rings (SSSR count). The van der Waals surface area contributed by atoms with Crippen LogP contribution in [0.25, 0.3) is 5.69 Å². The lowest BCUT2D eigenvalue weighted by Crippen LogP contribution is -2.20.